The van der Waals surface area contributed by atoms with Gasteiger partial charge in [-0.1, -0.05) is 0 Å². The molecule has 3 aromatic rings. The van der Waals surface area contributed by atoms with E-state index in [9.17, 15) is 12.8 Å². The SMILES string of the molecule is O=S(=O)(Nc1cnc(N2CCNCC2)cn1)c1cc2cc(F)ccc2o1. The van der Waals surface area contributed by atoms with Crippen molar-refractivity contribution in [3.8, 4) is 0 Å². The molecular formula is C16H16FN5O3S. The highest BCUT2D eigenvalue weighted by Crippen LogP contribution is 2.25. The van der Waals surface area contributed by atoms with E-state index in [1.54, 1.807) is 0 Å². The van der Waals surface area contributed by atoms with Crippen molar-refractivity contribution >= 4 is 32.6 Å². The molecule has 1 aliphatic rings. The van der Waals surface area contributed by atoms with Gasteiger partial charge in [0, 0.05) is 37.6 Å². The first-order chi connectivity index (χ1) is 12.5. The first-order valence-corrected chi connectivity index (χ1v) is 9.49. The Morgan fingerprint density at radius 1 is 1.15 bits per heavy atom. The lowest BCUT2D eigenvalue weighted by Crippen LogP contribution is -2.43. The topological polar surface area (TPSA) is 100 Å². The molecule has 0 atom stereocenters. The Balaban J connectivity index is 1.54. The van der Waals surface area contributed by atoms with Crippen LogP contribution in [0.15, 0.2) is 46.2 Å². The molecule has 0 amide bonds. The average Bonchev–Trinajstić information content (AvgIpc) is 3.07. The summed E-state index contributed by atoms with van der Waals surface area (Å²) < 4.78 is 45.8. The number of piperazine rings is 1. The van der Waals surface area contributed by atoms with E-state index in [1.165, 1.54) is 36.7 Å². The van der Waals surface area contributed by atoms with Crippen LogP contribution in [0.5, 0.6) is 0 Å². The fourth-order valence-electron chi connectivity index (χ4n) is 2.74. The largest absolute Gasteiger partial charge is 0.443 e. The van der Waals surface area contributed by atoms with Gasteiger partial charge in [-0.15, -0.1) is 0 Å². The summed E-state index contributed by atoms with van der Waals surface area (Å²) in [6.07, 6.45) is 2.88. The van der Waals surface area contributed by atoms with E-state index in [1.807, 2.05) is 0 Å². The van der Waals surface area contributed by atoms with E-state index in [2.05, 4.69) is 24.9 Å². The van der Waals surface area contributed by atoms with E-state index in [0.717, 1.165) is 26.2 Å². The molecule has 136 valence electrons. The third kappa shape index (κ3) is 3.33. The molecule has 10 heteroatoms. The summed E-state index contributed by atoms with van der Waals surface area (Å²) in [5, 5.41) is 3.30. The number of nitrogens with one attached hydrogen (secondary N) is 2. The van der Waals surface area contributed by atoms with Gasteiger partial charge in [0.25, 0.3) is 10.0 Å². The van der Waals surface area contributed by atoms with Crippen molar-refractivity contribution in [2.45, 2.75) is 5.09 Å². The van der Waals surface area contributed by atoms with Gasteiger partial charge in [-0.3, -0.25) is 4.72 Å². The lowest BCUT2D eigenvalue weighted by Gasteiger charge is -2.27. The molecule has 1 aliphatic heterocycles. The lowest BCUT2D eigenvalue weighted by molar-refractivity contribution is 0.483. The van der Waals surface area contributed by atoms with Crippen LogP contribution in [-0.2, 0) is 10.0 Å². The molecule has 2 aromatic heterocycles. The summed E-state index contributed by atoms with van der Waals surface area (Å²) in [6.45, 7) is 3.36. The minimum atomic E-state index is -3.99. The number of halogens is 1. The molecule has 0 unspecified atom stereocenters. The van der Waals surface area contributed by atoms with Crippen molar-refractivity contribution in [2.75, 3.05) is 35.8 Å². The highest BCUT2D eigenvalue weighted by Gasteiger charge is 2.21. The fraction of sp³-hybridized carbons (Fsp3) is 0.250. The molecule has 0 spiro atoms. The van der Waals surface area contributed by atoms with Gasteiger partial charge in [-0.2, -0.15) is 8.42 Å². The minimum Gasteiger partial charge on any atom is -0.443 e. The first-order valence-electron chi connectivity index (χ1n) is 8.01. The summed E-state index contributed by atoms with van der Waals surface area (Å²) in [4.78, 5) is 10.4. The van der Waals surface area contributed by atoms with E-state index < -0.39 is 15.8 Å². The molecule has 8 nitrogen and oxygen atoms in total. The van der Waals surface area contributed by atoms with Crippen LogP contribution >= 0.6 is 0 Å². The molecule has 1 saturated heterocycles. The number of benzene rings is 1. The van der Waals surface area contributed by atoms with Gasteiger partial charge in [0.1, 0.15) is 17.2 Å². The average molecular weight is 377 g/mol. The maximum Gasteiger partial charge on any atom is 0.296 e. The second-order valence-corrected chi connectivity index (χ2v) is 7.46. The summed E-state index contributed by atoms with van der Waals surface area (Å²) >= 11 is 0. The van der Waals surface area contributed by atoms with E-state index in [0.29, 0.717) is 11.2 Å². The van der Waals surface area contributed by atoms with Gasteiger partial charge in [-0.05, 0) is 18.2 Å². The number of aromatic nitrogens is 2. The number of nitrogens with zero attached hydrogens (tertiary/aromatic N) is 3. The molecule has 0 bridgehead atoms. The highest BCUT2D eigenvalue weighted by atomic mass is 32.2. The van der Waals surface area contributed by atoms with E-state index in [-0.39, 0.29) is 16.5 Å². The number of anilines is 2. The quantitative estimate of drug-likeness (QED) is 0.712. The Morgan fingerprint density at radius 3 is 2.69 bits per heavy atom. The maximum atomic E-state index is 13.2. The van der Waals surface area contributed by atoms with Crippen molar-refractivity contribution < 1.29 is 17.2 Å². The number of fused-ring (bicyclic) bond motifs is 1. The van der Waals surface area contributed by atoms with Crippen LogP contribution in [0.2, 0.25) is 0 Å². The summed E-state index contributed by atoms with van der Waals surface area (Å²) in [7, 11) is -3.99. The standard InChI is InChI=1S/C16H16FN5O3S/c17-12-1-2-13-11(7-12)8-16(25-13)26(23,24)21-14-9-20-15(10-19-14)22-5-3-18-4-6-22/h1-2,7-10,18H,3-6H2,(H,19,21). The minimum absolute atomic E-state index is 0.0792. The molecule has 0 saturated carbocycles. The van der Waals surface area contributed by atoms with Gasteiger partial charge in [0.15, 0.2) is 5.82 Å². The molecule has 3 heterocycles. The van der Waals surface area contributed by atoms with Crippen molar-refractivity contribution in [1.82, 2.24) is 15.3 Å². The van der Waals surface area contributed by atoms with Crippen LogP contribution in [0.3, 0.4) is 0 Å². The predicted octanol–water partition coefficient (Wildman–Crippen LogP) is 1.57. The highest BCUT2D eigenvalue weighted by molar-refractivity contribution is 7.92. The monoisotopic (exact) mass is 377 g/mol. The number of sulfonamides is 1. The predicted molar refractivity (Wildman–Crippen MR) is 94.1 cm³/mol. The third-order valence-corrected chi connectivity index (χ3v) is 5.25. The zero-order valence-corrected chi connectivity index (χ0v) is 14.5. The number of furan rings is 1. The van der Waals surface area contributed by atoms with Crippen LogP contribution in [0.25, 0.3) is 11.0 Å². The smallest absolute Gasteiger partial charge is 0.296 e. The molecule has 4 rings (SSSR count). The molecule has 0 radical (unpaired) electrons. The maximum absolute atomic E-state index is 13.2. The van der Waals surface area contributed by atoms with Crippen molar-refractivity contribution in [1.29, 1.82) is 0 Å². The third-order valence-electron chi connectivity index (χ3n) is 4.04. The normalized spacial score (nSPS) is 15.3. The van der Waals surface area contributed by atoms with Crippen LogP contribution in [0, 0.1) is 5.82 Å². The molecular weight excluding hydrogens is 361 g/mol. The number of rotatable bonds is 4. The van der Waals surface area contributed by atoms with Crippen LogP contribution in [-0.4, -0.2) is 44.6 Å². The molecule has 1 aromatic carbocycles. The summed E-state index contributed by atoms with van der Waals surface area (Å²) in [5.74, 6) is 0.300. The number of hydrogen-bond donors (Lipinski definition) is 2. The second kappa shape index (κ2) is 6.54. The Kier molecular flexibility index (Phi) is 4.21. The van der Waals surface area contributed by atoms with Crippen LogP contribution in [0.1, 0.15) is 0 Å². The molecule has 26 heavy (non-hydrogen) atoms. The van der Waals surface area contributed by atoms with Crippen molar-refractivity contribution in [2.24, 2.45) is 0 Å². The Hall–Kier alpha value is -2.72. The van der Waals surface area contributed by atoms with Crippen molar-refractivity contribution in [3.05, 3.63) is 42.5 Å². The van der Waals surface area contributed by atoms with Gasteiger partial charge in [-0.25, -0.2) is 14.4 Å². The molecule has 0 aliphatic carbocycles. The van der Waals surface area contributed by atoms with Crippen LogP contribution in [0.4, 0.5) is 16.0 Å². The van der Waals surface area contributed by atoms with Crippen molar-refractivity contribution in [3.63, 3.8) is 0 Å². The molecule has 2 N–H and O–H groups in total. The van der Waals surface area contributed by atoms with Gasteiger partial charge in [0.2, 0.25) is 5.09 Å². The zero-order chi connectivity index (χ0) is 18.1. The van der Waals surface area contributed by atoms with Gasteiger partial charge in [0.05, 0.1) is 12.4 Å². The van der Waals surface area contributed by atoms with Gasteiger partial charge >= 0.3 is 0 Å². The molecule has 1 fully saturated rings. The summed E-state index contributed by atoms with van der Waals surface area (Å²) in [6, 6.07) is 5.06. The van der Waals surface area contributed by atoms with E-state index >= 15 is 0 Å². The zero-order valence-electron chi connectivity index (χ0n) is 13.6. The second-order valence-electron chi connectivity index (χ2n) is 5.85. The van der Waals surface area contributed by atoms with Gasteiger partial charge < -0.3 is 14.6 Å². The fourth-order valence-corrected chi connectivity index (χ4v) is 3.70. The number of hydrogen-bond acceptors (Lipinski definition) is 7. The Labute approximate surface area is 149 Å². The Bertz CT molecular complexity index is 1030. The van der Waals surface area contributed by atoms with E-state index in [4.69, 9.17) is 4.42 Å². The van der Waals surface area contributed by atoms with Crippen LogP contribution < -0.4 is 14.9 Å². The first kappa shape index (κ1) is 16.7. The Morgan fingerprint density at radius 2 is 1.96 bits per heavy atom. The lowest BCUT2D eigenvalue weighted by atomic mass is 10.2. The summed E-state index contributed by atoms with van der Waals surface area (Å²) in [5.41, 5.74) is 0.284.